The first-order valence-corrected chi connectivity index (χ1v) is 3.08. The summed E-state index contributed by atoms with van der Waals surface area (Å²) in [6, 6.07) is 0. The molecular weight excluding hydrogens is 152 g/mol. The van der Waals surface area contributed by atoms with E-state index in [1.165, 1.54) is 6.08 Å². The Kier molecular flexibility index (Phi) is 4.49. The number of carboxylic acids is 1. The van der Waals surface area contributed by atoms with Crippen molar-refractivity contribution in [1.82, 2.24) is 0 Å². The Bertz CT molecular complexity index is 153. The molecule has 0 spiro atoms. The minimum absolute atomic E-state index is 0.0337. The van der Waals surface area contributed by atoms with Crippen LogP contribution in [0.15, 0.2) is 12.7 Å². The first-order chi connectivity index (χ1) is 4.66. The summed E-state index contributed by atoms with van der Waals surface area (Å²) in [7, 11) is 0. The predicted molar refractivity (Wildman–Crippen MR) is 41.0 cm³/mol. The number of carbonyl (C=O) groups is 1. The van der Waals surface area contributed by atoms with Crippen molar-refractivity contribution in [2.24, 2.45) is 0 Å². The van der Waals surface area contributed by atoms with E-state index in [1.54, 1.807) is 0 Å². The lowest BCUT2D eigenvalue weighted by Gasteiger charge is -1.99. The van der Waals surface area contributed by atoms with E-state index < -0.39 is 5.97 Å². The standard InChI is InChI=1S/C6H8O3S/c1-2-6(10)9-4-3-5(7)8/h2H,1,3-4H2,(H,7,8). The van der Waals surface area contributed by atoms with Gasteiger partial charge in [0.15, 0.2) is 5.05 Å². The minimum Gasteiger partial charge on any atom is -0.483 e. The summed E-state index contributed by atoms with van der Waals surface area (Å²) in [5, 5.41) is 8.39. The van der Waals surface area contributed by atoms with Gasteiger partial charge in [0.1, 0.15) is 0 Å². The van der Waals surface area contributed by atoms with Crippen LogP contribution >= 0.6 is 12.2 Å². The largest absolute Gasteiger partial charge is 0.483 e. The molecule has 0 saturated carbocycles. The van der Waals surface area contributed by atoms with Gasteiger partial charge in [-0.1, -0.05) is 6.58 Å². The number of hydrogen-bond donors (Lipinski definition) is 1. The zero-order chi connectivity index (χ0) is 7.98. The smallest absolute Gasteiger partial charge is 0.306 e. The molecule has 4 heteroatoms. The minimum atomic E-state index is -0.896. The van der Waals surface area contributed by atoms with Crippen LogP contribution in [0.5, 0.6) is 0 Å². The van der Waals surface area contributed by atoms with E-state index in [1.807, 2.05) is 0 Å². The third-order valence-electron chi connectivity index (χ3n) is 0.727. The molecule has 0 aliphatic carbocycles. The molecular formula is C6H8O3S. The Morgan fingerprint density at radius 2 is 2.40 bits per heavy atom. The molecule has 0 aliphatic rings. The van der Waals surface area contributed by atoms with E-state index in [2.05, 4.69) is 18.8 Å². The maximum absolute atomic E-state index is 9.92. The summed E-state index contributed by atoms with van der Waals surface area (Å²) in [4.78, 5) is 9.92. The number of rotatable bonds is 4. The first kappa shape index (κ1) is 9.10. The van der Waals surface area contributed by atoms with Crippen molar-refractivity contribution in [1.29, 1.82) is 0 Å². The van der Waals surface area contributed by atoms with Crippen LogP contribution in [0, 0.1) is 0 Å². The molecule has 56 valence electrons. The lowest BCUT2D eigenvalue weighted by molar-refractivity contribution is -0.137. The van der Waals surface area contributed by atoms with Crippen molar-refractivity contribution in [2.45, 2.75) is 6.42 Å². The Morgan fingerprint density at radius 1 is 1.80 bits per heavy atom. The summed E-state index contributed by atoms with van der Waals surface area (Å²) in [5.41, 5.74) is 0. The van der Waals surface area contributed by atoms with Gasteiger partial charge in [-0.3, -0.25) is 4.79 Å². The second kappa shape index (κ2) is 4.93. The highest BCUT2D eigenvalue weighted by molar-refractivity contribution is 7.80. The Labute approximate surface area is 64.3 Å². The van der Waals surface area contributed by atoms with Crippen LogP contribution in [0.1, 0.15) is 6.42 Å². The van der Waals surface area contributed by atoms with Crippen LogP contribution in [0.25, 0.3) is 0 Å². The van der Waals surface area contributed by atoms with Gasteiger partial charge in [0.2, 0.25) is 0 Å². The quantitative estimate of drug-likeness (QED) is 0.492. The van der Waals surface area contributed by atoms with Gasteiger partial charge in [0, 0.05) is 0 Å². The van der Waals surface area contributed by atoms with Crippen LogP contribution in [-0.4, -0.2) is 22.7 Å². The Balaban J connectivity index is 3.28. The van der Waals surface area contributed by atoms with E-state index in [4.69, 9.17) is 9.84 Å². The summed E-state index contributed by atoms with van der Waals surface area (Å²) in [5.74, 6) is -0.896. The zero-order valence-electron chi connectivity index (χ0n) is 5.37. The van der Waals surface area contributed by atoms with Crippen molar-refractivity contribution in [3.63, 3.8) is 0 Å². The molecule has 0 bridgehead atoms. The average Bonchev–Trinajstić information content (AvgIpc) is 1.87. The number of thiocarbonyl (C=S) groups is 1. The number of aliphatic carboxylic acids is 1. The molecule has 0 rings (SSSR count). The molecule has 3 nitrogen and oxygen atoms in total. The molecule has 0 unspecified atom stereocenters. The highest BCUT2D eigenvalue weighted by Gasteiger charge is 1.96. The highest BCUT2D eigenvalue weighted by Crippen LogP contribution is 1.86. The van der Waals surface area contributed by atoms with E-state index in [0.717, 1.165) is 0 Å². The van der Waals surface area contributed by atoms with Crippen LogP contribution in [0.2, 0.25) is 0 Å². The van der Waals surface area contributed by atoms with Crippen LogP contribution < -0.4 is 0 Å². The molecule has 0 radical (unpaired) electrons. The summed E-state index contributed by atoms with van der Waals surface area (Å²) in [6.07, 6.45) is 1.32. The van der Waals surface area contributed by atoms with Gasteiger partial charge >= 0.3 is 5.97 Å². The van der Waals surface area contributed by atoms with Crippen molar-refractivity contribution < 1.29 is 14.6 Å². The molecule has 0 amide bonds. The van der Waals surface area contributed by atoms with Gasteiger partial charge in [0.05, 0.1) is 13.0 Å². The third-order valence-corrected chi connectivity index (χ3v) is 1.01. The number of hydrogen-bond acceptors (Lipinski definition) is 3. The average molecular weight is 160 g/mol. The summed E-state index contributed by atoms with van der Waals surface area (Å²) >= 11 is 4.57. The van der Waals surface area contributed by atoms with Crippen molar-refractivity contribution >= 4 is 23.2 Å². The zero-order valence-corrected chi connectivity index (χ0v) is 6.19. The number of ether oxygens (including phenoxy) is 1. The van der Waals surface area contributed by atoms with E-state index in [0.29, 0.717) is 0 Å². The van der Waals surface area contributed by atoms with E-state index in [-0.39, 0.29) is 18.1 Å². The fourth-order valence-electron chi connectivity index (χ4n) is 0.298. The molecule has 1 N–H and O–H groups in total. The lowest BCUT2D eigenvalue weighted by atomic mass is 10.5. The molecule has 0 heterocycles. The molecule has 0 saturated heterocycles. The van der Waals surface area contributed by atoms with Crippen LogP contribution in [0.4, 0.5) is 0 Å². The molecule has 0 aromatic heterocycles. The van der Waals surface area contributed by atoms with Gasteiger partial charge in [-0.2, -0.15) is 0 Å². The fourth-order valence-corrected chi connectivity index (χ4v) is 0.381. The fraction of sp³-hybridized carbons (Fsp3) is 0.333. The van der Waals surface area contributed by atoms with Gasteiger partial charge in [0.25, 0.3) is 0 Å². The van der Waals surface area contributed by atoms with Crippen molar-refractivity contribution in [2.75, 3.05) is 6.61 Å². The molecule has 10 heavy (non-hydrogen) atoms. The number of carboxylic acid groups (broad SMARTS) is 1. The van der Waals surface area contributed by atoms with Gasteiger partial charge < -0.3 is 9.84 Å². The summed E-state index contributed by atoms with van der Waals surface area (Å²) in [6.45, 7) is 3.46. The maximum Gasteiger partial charge on any atom is 0.306 e. The molecule has 0 atom stereocenters. The second-order valence-corrected chi connectivity index (χ2v) is 1.92. The SMILES string of the molecule is C=CC(=S)OCCC(=O)O. The van der Waals surface area contributed by atoms with Crippen LogP contribution in [-0.2, 0) is 9.53 Å². The highest BCUT2D eigenvalue weighted by atomic mass is 32.1. The van der Waals surface area contributed by atoms with Gasteiger partial charge in [-0.05, 0) is 18.3 Å². The monoisotopic (exact) mass is 160 g/mol. The maximum atomic E-state index is 9.92. The first-order valence-electron chi connectivity index (χ1n) is 2.68. The van der Waals surface area contributed by atoms with E-state index >= 15 is 0 Å². The van der Waals surface area contributed by atoms with Gasteiger partial charge in [-0.15, -0.1) is 0 Å². The molecule has 0 aromatic rings. The van der Waals surface area contributed by atoms with Gasteiger partial charge in [-0.25, -0.2) is 0 Å². The van der Waals surface area contributed by atoms with Crippen molar-refractivity contribution in [3.05, 3.63) is 12.7 Å². The lowest BCUT2D eigenvalue weighted by Crippen LogP contribution is -2.05. The topological polar surface area (TPSA) is 46.5 Å². The second-order valence-electron chi connectivity index (χ2n) is 1.52. The van der Waals surface area contributed by atoms with Crippen molar-refractivity contribution in [3.8, 4) is 0 Å². The van der Waals surface area contributed by atoms with E-state index in [9.17, 15) is 4.79 Å². The third kappa shape index (κ3) is 5.24. The molecule has 0 aromatic carbocycles. The molecule has 0 fully saturated rings. The van der Waals surface area contributed by atoms with Crippen LogP contribution in [0.3, 0.4) is 0 Å². The summed E-state index contributed by atoms with van der Waals surface area (Å²) < 4.78 is 4.73. The normalized spacial score (nSPS) is 8.40. The Morgan fingerprint density at radius 3 is 2.80 bits per heavy atom. The molecule has 0 aliphatic heterocycles. The predicted octanol–water partition coefficient (Wildman–Crippen LogP) is 0.991. The Hall–Kier alpha value is -0.900.